The average molecular weight is 398 g/mol. The van der Waals surface area contributed by atoms with Crippen LogP contribution in [0.2, 0.25) is 10.0 Å². The van der Waals surface area contributed by atoms with E-state index in [0.29, 0.717) is 56.4 Å². The Balaban J connectivity index is 2.56. The van der Waals surface area contributed by atoms with Gasteiger partial charge in [0.1, 0.15) is 15.9 Å². The first-order chi connectivity index (χ1) is 11.9. The quantitative estimate of drug-likeness (QED) is 0.710. The van der Waals surface area contributed by atoms with E-state index in [1.165, 1.54) is 11.3 Å². The molecule has 0 aliphatic rings. The van der Waals surface area contributed by atoms with Crippen LogP contribution in [-0.4, -0.2) is 32.7 Å². The average Bonchev–Trinajstić information content (AvgIpc) is 2.97. The number of hydrogen-bond acceptors (Lipinski definition) is 5. The van der Waals surface area contributed by atoms with Crippen molar-refractivity contribution in [1.29, 1.82) is 5.26 Å². The van der Waals surface area contributed by atoms with Crippen LogP contribution in [0.1, 0.15) is 22.2 Å². The predicted octanol–water partition coefficient (Wildman–Crippen LogP) is 4.17. The lowest BCUT2D eigenvalue weighted by atomic mass is 10.0. The van der Waals surface area contributed by atoms with Crippen LogP contribution in [0.25, 0.3) is 11.1 Å². The SMILES string of the molecule is CCOCCN(C)c1sc(C(N)=O)c(-c2ccc(Cl)c(Cl)c2)c1C#N. The van der Waals surface area contributed by atoms with Crippen molar-refractivity contribution >= 4 is 45.4 Å². The van der Waals surface area contributed by atoms with Crippen molar-refractivity contribution in [2.45, 2.75) is 6.92 Å². The van der Waals surface area contributed by atoms with Gasteiger partial charge >= 0.3 is 0 Å². The highest BCUT2D eigenvalue weighted by atomic mass is 35.5. The number of rotatable bonds is 7. The van der Waals surface area contributed by atoms with Crippen LogP contribution in [0.15, 0.2) is 18.2 Å². The summed E-state index contributed by atoms with van der Waals surface area (Å²) in [6.45, 7) is 3.63. The summed E-state index contributed by atoms with van der Waals surface area (Å²) >= 11 is 13.2. The van der Waals surface area contributed by atoms with Crippen LogP contribution in [0.3, 0.4) is 0 Å². The summed E-state index contributed by atoms with van der Waals surface area (Å²) in [4.78, 5) is 14.1. The van der Waals surface area contributed by atoms with E-state index in [1.54, 1.807) is 18.2 Å². The van der Waals surface area contributed by atoms with Crippen molar-refractivity contribution in [1.82, 2.24) is 0 Å². The third-order valence-electron chi connectivity index (χ3n) is 3.56. The highest BCUT2D eigenvalue weighted by Gasteiger charge is 2.25. The molecule has 1 amide bonds. The normalized spacial score (nSPS) is 10.5. The van der Waals surface area contributed by atoms with Crippen LogP contribution in [-0.2, 0) is 4.74 Å². The molecule has 0 spiro atoms. The zero-order chi connectivity index (χ0) is 18.6. The fourth-order valence-corrected chi connectivity index (χ4v) is 3.75. The molecule has 2 rings (SSSR count). The van der Waals surface area contributed by atoms with Crippen molar-refractivity contribution in [3.8, 4) is 17.2 Å². The summed E-state index contributed by atoms with van der Waals surface area (Å²) in [5.41, 5.74) is 7.03. The Morgan fingerprint density at radius 2 is 2.12 bits per heavy atom. The van der Waals surface area contributed by atoms with E-state index in [0.717, 1.165) is 0 Å². The number of carbonyl (C=O) groups is 1. The summed E-state index contributed by atoms with van der Waals surface area (Å²) in [6, 6.07) is 7.16. The maximum atomic E-state index is 11.9. The van der Waals surface area contributed by atoms with Crippen molar-refractivity contribution in [2.24, 2.45) is 5.73 Å². The Bertz CT molecular complexity index is 830. The minimum atomic E-state index is -0.591. The van der Waals surface area contributed by atoms with Gasteiger partial charge < -0.3 is 15.4 Å². The van der Waals surface area contributed by atoms with Crippen LogP contribution in [0.4, 0.5) is 5.00 Å². The monoisotopic (exact) mass is 397 g/mol. The lowest BCUT2D eigenvalue weighted by Crippen LogP contribution is -2.22. The fourth-order valence-electron chi connectivity index (χ4n) is 2.34. The second-order valence-corrected chi connectivity index (χ2v) is 7.02. The largest absolute Gasteiger partial charge is 0.380 e. The highest BCUT2D eigenvalue weighted by Crippen LogP contribution is 2.42. The molecule has 0 fully saturated rings. The van der Waals surface area contributed by atoms with Gasteiger partial charge in [0, 0.05) is 25.8 Å². The Kier molecular flexibility index (Phi) is 6.68. The molecule has 2 N–H and O–H groups in total. The first kappa shape index (κ1) is 19.5. The topological polar surface area (TPSA) is 79.3 Å². The van der Waals surface area contributed by atoms with Crippen LogP contribution >= 0.6 is 34.5 Å². The van der Waals surface area contributed by atoms with Crippen LogP contribution in [0, 0.1) is 11.3 Å². The molecule has 5 nitrogen and oxygen atoms in total. The molecule has 0 saturated heterocycles. The number of thiophene rings is 1. The van der Waals surface area contributed by atoms with E-state index < -0.39 is 5.91 Å². The number of nitrogens with two attached hydrogens (primary N) is 1. The second-order valence-electron chi connectivity index (χ2n) is 5.21. The molecule has 0 atom stereocenters. The van der Waals surface area contributed by atoms with Gasteiger partial charge in [0.05, 0.1) is 22.2 Å². The molecule has 132 valence electrons. The molecule has 0 aliphatic heterocycles. The summed E-state index contributed by atoms with van der Waals surface area (Å²) < 4.78 is 5.35. The van der Waals surface area contributed by atoms with E-state index in [4.69, 9.17) is 33.7 Å². The van der Waals surface area contributed by atoms with Gasteiger partial charge in [-0.3, -0.25) is 4.79 Å². The lowest BCUT2D eigenvalue weighted by molar-refractivity contribution is 0.100. The summed E-state index contributed by atoms with van der Waals surface area (Å²) in [6.07, 6.45) is 0. The number of nitrogens with zero attached hydrogens (tertiary/aromatic N) is 2. The number of carbonyl (C=O) groups excluding carboxylic acids is 1. The molecule has 0 saturated carbocycles. The molecule has 0 radical (unpaired) electrons. The zero-order valence-corrected chi connectivity index (χ0v) is 16.1. The predicted molar refractivity (Wildman–Crippen MR) is 103 cm³/mol. The van der Waals surface area contributed by atoms with Gasteiger partial charge in [0.25, 0.3) is 5.91 Å². The van der Waals surface area contributed by atoms with Gasteiger partial charge in [0.15, 0.2) is 0 Å². The van der Waals surface area contributed by atoms with E-state index in [2.05, 4.69) is 6.07 Å². The number of halogens is 2. The molecular formula is C17H17Cl2N3O2S. The first-order valence-electron chi connectivity index (χ1n) is 7.51. The third kappa shape index (κ3) is 4.25. The van der Waals surface area contributed by atoms with Gasteiger partial charge in [0.2, 0.25) is 0 Å². The number of ether oxygens (including phenoxy) is 1. The zero-order valence-electron chi connectivity index (χ0n) is 13.8. The van der Waals surface area contributed by atoms with Crippen molar-refractivity contribution < 1.29 is 9.53 Å². The lowest BCUT2D eigenvalue weighted by Gasteiger charge is -2.17. The number of anilines is 1. The van der Waals surface area contributed by atoms with Crippen molar-refractivity contribution in [3.05, 3.63) is 38.7 Å². The van der Waals surface area contributed by atoms with Crippen molar-refractivity contribution in [2.75, 3.05) is 31.7 Å². The molecule has 8 heteroatoms. The van der Waals surface area contributed by atoms with Gasteiger partial charge in [-0.2, -0.15) is 5.26 Å². The minimum Gasteiger partial charge on any atom is -0.380 e. The van der Waals surface area contributed by atoms with Crippen LogP contribution < -0.4 is 10.6 Å². The van der Waals surface area contributed by atoms with Gasteiger partial charge in [-0.05, 0) is 24.6 Å². The number of primary amides is 1. The molecule has 25 heavy (non-hydrogen) atoms. The van der Waals surface area contributed by atoms with Gasteiger partial charge in [-0.25, -0.2) is 0 Å². The maximum Gasteiger partial charge on any atom is 0.259 e. The Labute approximate surface area is 160 Å². The Hall–Kier alpha value is -1.78. The van der Waals surface area contributed by atoms with E-state index in [9.17, 15) is 10.1 Å². The molecule has 1 aromatic heterocycles. The smallest absolute Gasteiger partial charge is 0.259 e. The number of likely N-dealkylation sites (N-methyl/N-ethyl adjacent to an activating group) is 1. The molecule has 1 aromatic carbocycles. The molecule has 0 aliphatic carbocycles. The standard InChI is InChI=1S/C17H17Cl2N3O2S/c1-3-24-7-6-22(2)17-11(9-20)14(15(25-17)16(21)23)10-4-5-12(18)13(19)8-10/h4-5,8H,3,6-7H2,1-2H3,(H2,21,23). The molecule has 2 aromatic rings. The maximum absolute atomic E-state index is 11.9. The summed E-state index contributed by atoms with van der Waals surface area (Å²) in [5, 5.41) is 11.1. The number of nitriles is 1. The minimum absolute atomic E-state index is 0.313. The van der Waals surface area contributed by atoms with Gasteiger partial charge in [-0.1, -0.05) is 29.3 Å². The highest BCUT2D eigenvalue weighted by molar-refractivity contribution is 7.18. The van der Waals surface area contributed by atoms with Crippen LogP contribution in [0.5, 0.6) is 0 Å². The molecule has 0 unspecified atom stereocenters. The van der Waals surface area contributed by atoms with E-state index >= 15 is 0 Å². The second kappa shape index (κ2) is 8.54. The molecule has 0 bridgehead atoms. The van der Waals surface area contributed by atoms with Gasteiger partial charge in [-0.15, -0.1) is 11.3 Å². The van der Waals surface area contributed by atoms with E-state index in [1.807, 2.05) is 18.9 Å². The van der Waals surface area contributed by atoms with E-state index in [-0.39, 0.29) is 0 Å². The third-order valence-corrected chi connectivity index (χ3v) is 5.61. The summed E-state index contributed by atoms with van der Waals surface area (Å²) in [7, 11) is 1.84. The first-order valence-corrected chi connectivity index (χ1v) is 9.08. The number of benzene rings is 1. The number of hydrogen-bond donors (Lipinski definition) is 1. The Morgan fingerprint density at radius 1 is 1.40 bits per heavy atom. The fraction of sp³-hybridized carbons (Fsp3) is 0.294. The molecular weight excluding hydrogens is 381 g/mol. The molecule has 1 heterocycles. The number of amides is 1. The van der Waals surface area contributed by atoms with Crippen molar-refractivity contribution in [3.63, 3.8) is 0 Å². The summed E-state index contributed by atoms with van der Waals surface area (Å²) in [5.74, 6) is -0.591. The Morgan fingerprint density at radius 3 is 2.68 bits per heavy atom.